The van der Waals surface area contributed by atoms with Gasteiger partial charge in [0, 0.05) is 42.3 Å². The van der Waals surface area contributed by atoms with Gasteiger partial charge in [0.1, 0.15) is 5.65 Å². The molecule has 0 fully saturated rings. The molecule has 0 unspecified atom stereocenters. The van der Waals surface area contributed by atoms with Crippen LogP contribution in [0.2, 0.25) is 0 Å². The number of pyridine rings is 1. The summed E-state index contributed by atoms with van der Waals surface area (Å²) >= 11 is 0. The highest BCUT2D eigenvalue weighted by Gasteiger charge is 2.38. The second-order valence-electron chi connectivity index (χ2n) is 6.32. The molecule has 3 aromatic rings. The van der Waals surface area contributed by atoms with Gasteiger partial charge in [-0.05, 0) is 38.1 Å². The second kappa shape index (κ2) is 9.94. The Morgan fingerprint density at radius 3 is 2.19 bits per heavy atom. The van der Waals surface area contributed by atoms with Crippen LogP contribution in [0, 0.1) is 5.41 Å². The minimum atomic E-state index is -5.08. The SMILES string of the molecule is CCN(CC)c1ccc(-c2cn3cc(C(=N)NO)ccc3n2)cc1.O=C(O)C(F)(F)F. The maximum absolute atomic E-state index is 10.6. The van der Waals surface area contributed by atoms with Gasteiger partial charge in [0.05, 0.1) is 5.69 Å². The van der Waals surface area contributed by atoms with Crippen molar-refractivity contribution in [2.24, 2.45) is 0 Å². The lowest BCUT2D eigenvalue weighted by Gasteiger charge is -2.20. The van der Waals surface area contributed by atoms with Crippen molar-refractivity contribution in [1.29, 1.82) is 5.41 Å². The Kier molecular flexibility index (Phi) is 7.59. The number of nitrogens with one attached hydrogen (secondary N) is 2. The number of aromatic nitrogens is 2. The van der Waals surface area contributed by atoms with Crippen LogP contribution in [-0.4, -0.2) is 50.8 Å². The summed E-state index contributed by atoms with van der Waals surface area (Å²) < 4.78 is 33.6. The van der Waals surface area contributed by atoms with Crippen LogP contribution in [0.15, 0.2) is 48.8 Å². The normalized spacial score (nSPS) is 10.9. The standard InChI is InChI=1S/C18H21N5O.C2HF3O2/c1-3-22(4-2)15-8-5-13(6-9-15)16-12-23-11-14(18(19)21-24)7-10-17(23)20-16;3-2(4,5)1(6)7/h5-12,24H,3-4H2,1-2H3,(H2,19,21);(H,6,7). The molecular formula is C20H22F3N5O3. The summed E-state index contributed by atoms with van der Waals surface area (Å²) in [6.07, 6.45) is -1.39. The lowest BCUT2D eigenvalue weighted by atomic mass is 10.1. The summed E-state index contributed by atoms with van der Waals surface area (Å²) in [4.78, 5) is 15.8. The molecule has 0 aliphatic heterocycles. The molecule has 0 radical (unpaired) electrons. The molecule has 0 saturated carbocycles. The number of benzene rings is 1. The fraction of sp³-hybridized carbons (Fsp3) is 0.250. The number of hydroxylamine groups is 1. The van der Waals surface area contributed by atoms with E-state index in [0.29, 0.717) is 5.56 Å². The van der Waals surface area contributed by atoms with E-state index in [4.69, 9.17) is 20.5 Å². The Balaban J connectivity index is 0.000000423. The fourth-order valence-electron chi connectivity index (χ4n) is 2.78. The Hall–Kier alpha value is -3.60. The van der Waals surface area contributed by atoms with Crippen LogP contribution >= 0.6 is 0 Å². The third-order valence-corrected chi connectivity index (χ3v) is 4.39. The number of anilines is 1. The molecule has 0 bridgehead atoms. The van der Waals surface area contributed by atoms with Crippen LogP contribution in [0.5, 0.6) is 0 Å². The van der Waals surface area contributed by atoms with Crippen molar-refractivity contribution in [2.45, 2.75) is 20.0 Å². The van der Waals surface area contributed by atoms with Gasteiger partial charge in [-0.15, -0.1) is 0 Å². The molecule has 4 N–H and O–H groups in total. The first-order valence-corrected chi connectivity index (χ1v) is 9.24. The second-order valence-corrected chi connectivity index (χ2v) is 6.32. The van der Waals surface area contributed by atoms with E-state index in [0.717, 1.165) is 30.0 Å². The summed E-state index contributed by atoms with van der Waals surface area (Å²) in [5.41, 5.74) is 6.37. The van der Waals surface area contributed by atoms with Crippen LogP contribution in [0.25, 0.3) is 16.9 Å². The molecule has 166 valence electrons. The smallest absolute Gasteiger partial charge is 0.475 e. The number of hydrogen-bond acceptors (Lipinski definition) is 5. The van der Waals surface area contributed by atoms with Crippen LogP contribution in [-0.2, 0) is 4.79 Å². The van der Waals surface area contributed by atoms with Gasteiger partial charge in [0.15, 0.2) is 5.84 Å². The number of halogens is 3. The number of carboxylic acids is 1. The lowest BCUT2D eigenvalue weighted by Crippen LogP contribution is -2.21. The topological polar surface area (TPSA) is 114 Å². The number of imidazole rings is 1. The van der Waals surface area contributed by atoms with E-state index < -0.39 is 12.1 Å². The third kappa shape index (κ3) is 5.95. The Morgan fingerprint density at radius 2 is 1.71 bits per heavy atom. The summed E-state index contributed by atoms with van der Waals surface area (Å²) in [5, 5.41) is 23.6. The highest BCUT2D eigenvalue weighted by atomic mass is 19.4. The first kappa shape index (κ1) is 23.7. The number of carbonyl (C=O) groups is 1. The van der Waals surface area contributed by atoms with Gasteiger partial charge in [0.2, 0.25) is 0 Å². The molecule has 0 aliphatic rings. The van der Waals surface area contributed by atoms with Crippen molar-refractivity contribution >= 4 is 23.1 Å². The van der Waals surface area contributed by atoms with Gasteiger partial charge in [-0.2, -0.15) is 13.2 Å². The van der Waals surface area contributed by atoms with Crippen molar-refractivity contribution < 1.29 is 28.3 Å². The van der Waals surface area contributed by atoms with Crippen LogP contribution in [0.3, 0.4) is 0 Å². The van der Waals surface area contributed by atoms with Crippen molar-refractivity contribution in [1.82, 2.24) is 14.9 Å². The molecule has 0 saturated heterocycles. The van der Waals surface area contributed by atoms with Gasteiger partial charge in [-0.1, -0.05) is 12.1 Å². The molecule has 0 spiro atoms. The molecule has 0 aliphatic carbocycles. The minimum Gasteiger partial charge on any atom is -0.475 e. The van der Waals surface area contributed by atoms with E-state index in [1.54, 1.807) is 12.3 Å². The highest BCUT2D eigenvalue weighted by Crippen LogP contribution is 2.23. The molecule has 1 aromatic carbocycles. The molecule has 11 heteroatoms. The van der Waals surface area contributed by atoms with E-state index in [2.05, 4.69) is 48.0 Å². The quantitative estimate of drug-likeness (QED) is 0.274. The molecular weight excluding hydrogens is 415 g/mol. The van der Waals surface area contributed by atoms with Gasteiger partial charge in [-0.3, -0.25) is 16.1 Å². The largest absolute Gasteiger partial charge is 0.490 e. The molecule has 3 rings (SSSR count). The maximum Gasteiger partial charge on any atom is 0.490 e. The number of aliphatic carboxylic acids is 1. The first-order chi connectivity index (χ1) is 14.6. The summed E-state index contributed by atoms with van der Waals surface area (Å²) in [6, 6.07) is 12.0. The Morgan fingerprint density at radius 1 is 1.13 bits per heavy atom. The lowest BCUT2D eigenvalue weighted by molar-refractivity contribution is -0.192. The summed E-state index contributed by atoms with van der Waals surface area (Å²) in [6.45, 7) is 6.27. The summed E-state index contributed by atoms with van der Waals surface area (Å²) in [5.74, 6) is -2.80. The summed E-state index contributed by atoms with van der Waals surface area (Å²) in [7, 11) is 0. The van der Waals surface area contributed by atoms with E-state index in [-0.39, 0.29) is 5.84 Å². The number of amidine groups is 1. The van der Waals surface area contributed by atoms with Crippen molar-refractivity contribution in [2.75, 3.05) is 18.0 Å². The molecule has 8 nitrogen and oxygen atoms in total. The predicted molar refractivity (Wildman–Crippen MR) is 110 cm³/mol. The molecule has 31 heavy (non-hydrogen) atoms. The number of carboxylic acid groups (broad SMARTS) is 1. The number of fused-ring (bicyclic) bond motifs is 1. The molecule has 0 amide bonds. The van der Waals surface area contributed by atoms with Gasteiger partial charge in [0.25, 0.3) is 0 Å². The average Bonchev–Trinajstić information content (AvgIpc) is 3.17. The maximum atomic E-state index is 10.6. The van der Waals surface area contributed by atoms with Crippen LogP contribution in [0.1, 0.15) is 19.4 Å². The van der Waals surface area contributed by atoms with Crippen molar-refractivity contribution in [3.63, 3.8) is 0 Å². The van der Waals surface area contributed by atoms with E-state index >= 15 is 0 Å². The molecule has 2 aromatic heterocycles. The van der Waals surface area contributed by atoms with E-state index in [1.165, 1.54) is 5.69 Å². The number of alkyl halides is 3. The average molecular weight is 437 g/mol. The zero-order chi connectivity index (χ0) is 23.2. The molecule has 0 atom stereocenters. The van der Waals surface area contributed by atoms with E-state index in [1.807, 2.05) is 22.1 Å². The van der Waals surface area contributed by atoms with Gasteiger partial charge < -0.3 is 14.4 Å². The van der Waals surface area contributed by atoms with Crippen molar-refractivity contribution in [3.8, 4) is 11.3 Å². The van der Waals surface area contributed by atoms with Crippen LogP contribution in [0.4, 0.5) is 18.9 Å². The number of rotatable bonds is 5. The highest BCUT2D eigenvalue weighted by molar-refractivity contribution is 5.95. The van der Waals surface area contributed by atoms with Gasteiger partial charge in [-0.25, -0.2) is 9.78 Å². The minimum absolute atomic E-state index is 0.0456. The predicted octanol–water partition coefficient (Wildman–Crippen LogP) is 3.78. The Labute approximate surface area is 176 Å². The zero-order valence-electron chi connectivity index (χ0n) is 16.8. The number of hydrogen-bond donors (Lipinski definition) is 4. The number of nitrogens with zero attached hydrogens (tertiary/aromatic N) is 3. The Bertz CT molecular complexity index is 1040. The van der Waals surface area contributed by atoms with Gasteiger partial charge >= 0.3 is 12.1 Å². The van der Waals surface area contributed by atoms with Crippen LogP contribution < -0.4 is 10.4 Å². The molecule has 2 heterocycles. The van der Waals surface area contributed by atoms with Crippen molar-refractivity contribution in [3.05, 3.63) is 54.4 Å². The first-order valence-electron chi connectivity index (χ1n) is 9.24. The third-order valence-electron chi connectivity index (χ3n) is 4.39. The van der Waals surface area contributed by atoms with E-state index in [9.17, 15) is 13.2 Å². The monoisotopic (exact) mass is 437 g/mol. The fourth-order valence-corrected chi connectivity index (χ4v) is 2.78. The zero-order valence-corrected chi connectivity index (χ0v) is 16.8.